The molecule has 1 saturated carbocycles. The lowest BCUT2D eigenvalue weighted by atomic mass is 10.1. The largest absolute Gasteiger partial charge is 0.573 e. The predicted octanol–water partition coefficient (Wildman–Crippen LogP) is 4.34. The van der Waals surface area contributed by atoms with Crippen molar-refractivity contribution >= 4 is 44.7 Å². The van der Waals surface area contributed by atoms with Gasteiger partial charge in [-0.15, -0.1) is 24.5 Å². The number of hydrogen-bond donors (Lipinski definition) is 1. The van der Waals surface area contributed by atoms with Gasteiger partial charge in [0.1, 0.15) is 15.5 Å². The number of anilines is 2. The van der Waals surface area contributed by atoms with Crippen molar-refractivity contribution in [1.29, 1.82) is 0 Å². The van der Waals surface area contributed by atoms with Crippen molar-refractivity contribution in [2.24, 2.45) is 0 Å². The van der Waals surface area contributed by atoms with Crippen molar-refractivity contribution in [3.8, 4) is 5.75 Å². The SMILES string of the molecule is O=C1N(c2ccc(OC(F)(F)F)cc2)C(=O)C2(CC2)N1Cc1ccncc1NS(=O)(=O)c1cccs1. The Morgan fingerprint density at radius 1 is 1.11 bits per heavy atom. The maximum atomic E-state index is 13.3. The van der Waals surface area contributed by atoms with E-state index in [0.717, 1.165) is 28.4 Å². The molecule has 1 aliphatic heterocycles. The number of imide groups is 1. The molecule has 0 atom stereocenters. The van der Waals surface area contributed by atoms with Gasteiger partial charge in [0.05, 0.1) is 24.1 Å². The van der Waals surface area contributed by atoms with E-state index in [2.05, 4.69) is 14.4 Å². The van der Waals surface area contributed by atoms with E-state index in [1.165, 1.54) is 35.5 Å². The minimum Gasteiger partial charge on any atom is -0.406 e. The molecule has 1 aliphatic carbocycles. The number of carbonyl (C=O) groups excluding carboxylic acids is 2. The van der Waals surface area contributed by atoms with Gasteiger partial charge in [-0.05, 0) is 60.2 Å². The Hall–Kier alpha value is -3.65. The highest BCUT2D eigenvalue weighted by Crippen LogP contribution is 2.50. The van der Waals surface area contributed by atoms with Crippen LogP contribution in [0.2, 0.25) is 0 Å². The number of thiophene rings is 1. The molecule has 188 valence electrons. The van der Waals surface area contributed by atoms with Crippen molar-refractivity contribution in [2.75, 3.05) is 9.62 Å². The molecule has 0 bridgehead atoms. The Labute approximate surface area is 207 Å². The maximum absolute atomic E-state index is 13.3. The molecule has 9 nitrogen and oxygen atoms in total. The fourth-order valence-electron chi connectivity index (χ4n) is 3.99. The second kappa shape index (κ2) is 8.48. The Balaban J connectivity index is 1.40. The van der Waals surface area contributed by atoms with E-state index in [0.29, 0.717) is 18.4 Å². The second-order valence-corrected chi connectivity index (χ2v) is 11.0. The highest BCUT2D eigenvalue weighted by Gasteiger charge is 2.65. The number of nitrogens with one attached hydrogen (secondary N) is 1. The third kappa shape index (κ3) is 4.37. The molecule has 5 rings (SSSR count). The zero-order valence-electron chi connectivity index (χ0n) is 18.2. The standard InChI is InChI=1S/C22H17F3N4O5S2/c23-22(24,25)34-16-5-3-15(4-6-16)29-19(30)21(8-9-21)28(20(29)31)13-14-7-10-26-12-17(14)27-36(32,33)18-2-1-11-35-18/h1-7,10-12,27H,8-9,13H2. The number of amides is 3. The first-order valence-corrected chi connectivity index (χ1v) is 12.9. The maximum Gasteiger partial charge on any atom is 0.573 e. The molecular formula is C22H17F3N4O5S2. The monoisotopic (exact) mass is 538 g/mol. The molecule has 14 heteroatoms. The number of halogens is 3. The molecule has 2 aliphatic rings. The number of ether oxygens (including phenoxy) is 1. The average Bonchev–Trinajstić information content (AvgIpc) is 3.34. The van der Waals surface area contributed by atoms with Crippen molar-refractivity contribution < 1.29 is 35.9 Å². The predicted molar refractivity (Wildman–Crippen MR) is 123 cm³/mol. The quantitative estimate of drug-likeness (QED) is 0.448. The number of hydrogen-bond acceptors (Lipinski definition) is 7. The third-order valence-electron chi connectivity index (χ3n) is 5.84. The van der Waals surface area contributed by atoms with E-state index >= 15 is 0 Å². The summed E-state index contributed by atoms with van der Waals surface area (Å²) in [6.07, 6.45) is -1.30. The summed E-state index contributed by atoms with van der Waals surface area (Å²) in [5, 5.41) is 1.63. The lowest BCUT2D eigenvalue weighted by molar-refractivity contribution is -0.274. The topological polar surface area (TPSA) is 109 Å². The summed E-state index contributed by atoms with van der Waals surface area (Å²) in [6, 6.07) is 8.38. The van der Waals surface area contributed by atoms with Gasteiger partial charge in [0, 0.05) is 6.20 Å². The molecule has 2 aromatic heterocycles. The molecule has 3 aromatic rings. The molecule has 3 amide bonds. The van der Waals surface area contributed by atoms with Gasteiger partial charge in [-0.2, -0.15) is 0 Å². The number of nitrogens with zero attached hydrogens (tertiary/aromatic N) is 3. The van der Waals surface area contributed by atoms with Crippen LogP contribution in [0.5, 0.6) is 5.75 Å². The Bertz CT molecular complexity index is 1420. The lowest BCUT2D eigenvalue weighted by Crippen LogP contribution is -2.36. The summed E-state index contributed by atoms with van der Waals surface area (Å²) in [6.45, 7) is -0.0822. The lowest BCUT2D eigenvalue weighted by Gasteiger charge is -2.23. The number of alkyl halides is 3. The molecule has 36 heavy (non-hydrogen) atoms. The van der Waals surface area contributed by atoms with E-state index in [1.807, 2.05) is 0 Å². The van der Waals surface area contributed by atoms with Crippen LogP contribution in [0.4, 0.5) is 29.3 Å². The van der Waals surface area contributed by atoms with Gasteiger partial charge >= 0.3 is 12.4 Å². The number of carbonyl (C=O) groups is 2. The second-order valence-electron chi connectivity index (χ2n) is 8.15. The fraction of sp³-hybridized carbons (Fsp3) is 0.227. The van der Waals surface area contributed by atoms with E-state index in [4.69, 9.17) is 0 Å². The first-order chi connectivity index (χ1) is 17.0. The molecule has 1 aromatic carbocycles. The highest BCUT2D eigenvalue weighted by molar-refractivity contribution is 7.94. The molecule has 0 unspecified atom stereocenters. The van der Waals surface area contributed by atoms with Crippen LogP contribution in [0, 0.1) is 0 Å². The van der Waals surface area contributed by atoms with Crippen LogP contribution < -0.4 is 14.4 Å². The van der Waals surface area contributed by atoms with Gasteiger partial charge in [-0.25, -0.2) is 18.1 Å². The van der Waals surface area contributed by atoms with Crippen LogP contribution in [0.25, 0.3) is 0 Å². The fourth-order valence-corrected chi connectivity index (χ4v) is 6.07. The number of benzene rings is 1. The van der Waals surface area contributed by atoms with Crippen LogP contribution in [-0.2, 0) is 21.4 Å². The molecule has 1 N–H and O–H groups in total. The summed E-state index contributed by atoms with van der Waals surface area (Å²) in [7, 11) is -3.88. The van der Waals surface area contributed by atoms with Gasteiger partial charge in [0.15, 0.2) is 0 Å². The molecule has 3 heterocycles. The number of pyridine rings is 1. The van der Waals surface area contributed by atoms with Gasteiger partial charge in [0.25, 0.3) is 15.9 Å². The average molecular weight is 539 g/mol. The molecule has 1 spiro atoms. The summed E-state index contributed by atoms with van der Waals surface area (Å²) in [5.74, 6) is -0.977. The first kappa shape index (κ1) is 24.1. The Kier molecular flexibility index (Phi) is 5.67. The Morgan fingerprint density at radius 2 is 1.83 bits per heavy atom. The van der Waals surface area contributed by atoms with Crippen molar-refractivity contribution in [3.63, 3.8) is 0 Å². The van der Waals surface area contributed by atoms with Gasteiger partial charge < -0.3 is 9.64 Å². The van der Waals surface area contributed by atoms with Gasteiger partial charge in [-0.1, -0.05) is 6.07 Å². The zero-order valence-corrected chi connectivity index (χ0v) is 19.9. The highest BCUT2D eigenvalue weighted by atomic mass is 32.2. The van der Waals surface area contributed by atoms with Gasteiger partial charge in [0.2, 0.25) is 0 Å². The summed E-state index contributed by atoms with van der Waals surface area (Å²) in [4.78, 5) is 32.8. The van der Waals surface area contributed by atoms with Crippen molar-refractivity contribution in [3.05, 3.63) is 65.8 Å². The van der Waals surface area contributed by atoms with E-state index in [1.54, 1.807) is 17.5 Å². The van der Waals surface area contributed by atoms with Crippen molar-refractivity contribution in [1.82, 2.24) is 9.88 Å². The minimum atomic E-state index is -4.87. The molecule has 1 saturated heterocycles. The molecular weight excluding hydrogens is 521 g/mol. The van der Waals surface area contributed by atoms with Crippen LogP contribution >= 0.6 is 11.3 Å². The number of aromatic nitrogens is 1. The summed E-state index contributed by atoms with van der Waals surface area (Å²) in [5.41, 5.74) is -0.408. The van der Waals surface area contributed by atoms with E-state index in [9.17, 15) is 31.2 Å². The summed E-state index contributed by atoms with van der Waals surface area (Å²) < 4.78 is 69.2. The Morgan fingerprint density at radius 3 is 2.44 bits per heavy atom. The normalized spacial score (nSPS) is 17.1. The number of rotatable bonds is 7. The summed E-state index contributed by atoms with van der Waals surface area (Å²) >= 11 is 1.04. The molecule has 0 radical (unpaired) electrons. The smallest absolute Gasteiger partial charge is 0.406 e. The third-order valence-corrected chi connectivity index (χ3v) is 8.60. The van der Waals surface area contributed by atoms with E-state index in [-0.39, 0.29) is 22.1 Å². The molecule has 2 fully saturated rings. The van der Waals surface area contributed by atoms with Crippen LogP contribution in [0.1, 0.15) is 18.4 Å². The number of sulfonamides is 1. The number of urea groups is 1. The van der Waals surface area contributed by atoms with Gasteiger partial charge in [-0.3, -0.25) is 14.5 Å². The first-order valence-electron chi connectivity index (χ1n) is 10.5. The minimum absolute atomic E-state index is 0.0822. The van der Waals surface area contributed by atoms with Crippen LogP contribution in [0.3, 0.4) is 0 Å². The van der Waals surface area contributed by atoms with E-state index < -0.39 is 39.6 Å². The zero-order chi connectivity index (χ0) is 25.7. The van der Waals surface area contributed by atoms with Crippen LogP contribution in [-0.4, -0.2) is 42.1 Å². The van der Waals surface area contributed by atoms with Crippen molar-refractivity contribution in [2.45, 2.75) is 35.5 Å². The van der Waals surface area contributed by atoms with Crippen LogP contribution in [0.15, 0.2) is 64.4 Å².